The zero-order valence-electron chi connectivity index (χ0n) is 21.4. The first-order valence-corrected chi connectivity index (χ1v) is 12.7. The minimum Gasteiger partial charge on any atom is -0.497 e. The number of ether oxygens (including phenoxy) is 1. The molecule has 0 radical (unpaired) electrons. The second kappa shape index (κ2) is 11.7. The van der Waals surface area contributed by atoms with E-state index in [2.05, 4.69) is 45.5 Å². The van der Waals surface area contributed by atoms with Gasteiger partial charge in [0, 0.05) is 39.3 Å². The third-order valence-electron chi connectivity index (χ3n) is 6.79. The van der Waals surface area contributed by atoms with E-state index in [4.69, 9.17) is 14.7 Å². The van der Waals surface area contributed by atoms with Crippen LogP contribution in [-0.2, 0) is 17.9 Å². The molecule has 1 amide bonds. The average Bonchev–Trinajstić information content (AvgIpc) is 2.97. The highest BCUT2D eigenvalue weighted by Crippen LogP contribution is 2.28. The van der Waals surface area contributed by atoms with Gasteiger partial charge in [-0.25, -0.2) is 9.97 Å². The number of amides is 1. The molecule has 2 heterocycles. The summed E-state index contributed by atoms with van der Waals surface area (Å²) in [6, 6.07) is 27.6. The molecule has 1 aliphatic heterocycles. The van der Waals surface area contributed by atoms with Crippen LogP contribution in [0.15, 0.2) is 78.9 Å². The summed E-state index contributed by atoms with van der Waals surface area (Å²) in [4.78, 5) is 27.5. The van der Waals surface area contributed by atoms with E-state index in [-0.39, 0.29) is 0 Å². The van der Waals surface area contributed by atoms with Gasteiger partial charge in [0.05, 0.1) is 24.2 Å². The van der Waals surface area contributed by atoms with Gasteiger partial charge in [-0.15, -0.1) is 0 Å². The number of hydrogen-bond donors (Lipinski definition) is 1. The summed E-state index contributed by atoms with van der Waals surface area (Å²) in [5.74, 6) is -0.122. The van der Waals surface area contributed by atoms with Crippen LogP contribution in [0.2, 0.25) is 0 Å². The van der Waals surface area contributed by atoms with Gasteiger partial charge in [-0.05, 0) is 35.4 Å². The van der Waals surface area contributed by atoms with Gasteiger partial charge in [0.1, 0.15) is 11.4 Å². The number of hydrogen-bond acceptors (Lipinski definition) is 7. The molecule has 0 spiro atoms. The standard InChI is InChI=1S/C30H30N6O2/c1-38-24-13-11-22(12-14-24)20-32-30(37)25(19-31)28-29(34-27-10-6-5-9-26(27)33-28)36-17-15-35(16-18-36)21-23-7-3-2-4-8-23/h2-14,25H,15-18,20-21H2,1H3,(H,32,37)/t25-/m1/s1. The summed E-state index contributed by atoms with van der Waals surface area (Å²) in [5, 5.41) is 13.0. The predicted molar refractivity (Wildman–Crippen MR) is 147 cm³/mol. The van der Waals surface area contributed by atoms with Crippen molar-refractivity contribution in [1.29, 1.82) is 5.26 Å². The molecule has 1 aromatic heterocycles. The van der Waals surface area contributed by atoms with Crippen molar-refractivity contribution >= 4 is 22.8 Å². The normalized spacial score (nSPS) is 14.6. The van der Waals surface area contributed by atoms with Crippen molar-refractivity contribution in [2.24, 2.45) is 0 Å². The van der Waals surface area contributed by atoms with E-state index in [1.165, 1.54) is 5.56 Å². The maximum absolute atomic E-state index is 13.2. The Labute approximate surface area is 222 Å². The van der Waals surface area contributed by atoms with Gasteiger partial charge in [0.2, 0.25) is 5.91 Å². The van der Waals surface area contributed by atoms with Gasteiger partial charge in [-0.1, -0.05) is 54.6 Å². The molecule has 8 heteroatoms. The van der Waals surface area contributed by atoms with Crippen LogP contribution in [-0.4, -0.2) is 54.1 Å². The van der Waals surface area contributed by atoms with Crippen LogP contribution in [0.25, 0.3) is 11.0 Å². The van der Waals surface area contributed by atoms with Gasteiger partial charge in [-0.2, -0.15) is 5.26 Å². The largest absolute Gasteiger partial charge is 0.497 e. The first kappa shape index (κ1) is 25.2. The molecule has 0 unspecified atom stereocenters. The summed E-state index contributed by atoms with van der Waals surface area (Å²) in [7, 11) is 1.61. The number of nitriles is 1. The fourth-order valence-electron chi connectivity index (χ4n) is 4.67. The van der Waals surface area contributed by atoms with E-state index < -0.39 is 11.8 Å². The summed E-state index contributed by atoms with van der Waals surface area (Å²) >= 11 is 0. The topological polar surface area (TPSA) is 94.4 Å². The number of aromatic nitrogens is 2. The Morgan fingerprint density at radius 2 is 1.58 bits per heavy atom. The monoisotopic (exact) mass is 506 g/mol. The van der Waals surface area contributed by atoms with Crippen LogP contribution < -0.4 is 15.0 Å². The van der Waals surface area contributed by atoms with Gasteiger partial charge in [-0.3, -0.25) is 9.69 Å². The zero-order chi connectivity index (χ0) is 26.3. The number of piperazine rings is 1. The lowest BCUT2D eigenvalue weighted by molar-refractivity contribution is -0.121. The predicted octanol–water partition coefficient (Wildman–Crippen LogP) is 3.88. The van der Waals surface area contributed by atoms with E-state index >= 15 is 0 Å². The van der Waals surface area contributed by atoms with Crippen molar-refractivity contribution in [3.63, 3.8) is 0 Å². The molecule has 38 heavy (non-hydrogen) atoms. The Hall–Kier alpha value is -4.48. The van der Waals surface area contributed by atoms with Crippen LogP contribution in [0.5, 0.6) is 5.75 Å². The van der Waals surface area contributed by atoms with Crippen LogP contribution in [0.4, 0.5) is 5.82 Å². The molecule has 1 atom stereocenters. The third kappa shape index (κ3) is 5.74. The number of fused-ring (bicyclic) bond motifs is 1. The molecule has 0 bridgehead atoms. The van der Waals surface area contributed by atoms with Crippen LogP contribution >= 0.6 is 0 Å². The molecule has 1 aliphatic rings. The van der Waals surface area contributed by atoms with Crippen molar-refractivity contribution in [2.45, 2.75) is 19.0 Å². The summed E-state index contributed by atoms with van der Waals surface area (Å²) < 4.78 is 5.20. The molecule has 4 aromatic rings. The van der Waals surface area contributed by atoms with Crippen LogP contribution in [0, 0.1) is 11.3 Å². The van der Waals surface area contributed by atoms with Gasteiger partial charge >= 0.3 is 0 Å². The van der Waals surface area contributed by atoms with E-state index in [1.807, 2.05) is 54.6 Å². The Bertz CT molecular complexity index is 1430. The highest BCUT2D eigenvalue weighted by atomic mass is 16.5. The molecule has 1 N–H and O–H groups in total. The fraction of sp³-hybridized carbons (Fsp3) is 0.267. The smallest absolute Gasteiger partial charge is 0.243 e. The number of rotatable bonds is 8. The second-order valence-electron chi connectivity index (χ2n) is 9.30. The van der Waals surface area contributed by atoms with Gasteiger partial charge in [0.25, 0.3) is 0 Å². The lowest BCUT2D eigenvalue weighted by atomic mass is 10.0. The molecule has 0 aliphatic carbocycles. The Morgan fingerprint density at radius 1 is 0.921 bits per heavy atom. The van der Waals surface area contributed by atoms with Gasteiger partial charge < -0.3 is 15.0 Å². The number of carbonyl (C=O) groups excluding carboxylic acids is 1. The summed E-state index contributed by atoms with van der Waals surface area (Å²) in [6.45, 7) is 4.36. The first-order valence-electron chi connectivity index (χ1n) is 12.7. The summed E-state index contributed by atoms with van der Waals surface area (Å²) in [5.41, 5.74) is 4.00. The molecule has 192 valence electrons. The molecule has 8 nitrogen and oxygen atoms in total. The van der Waals surface area contributed by atoms with Crippen LogP contribution in [0.1, 0.15) is 22.7 Å². The molecular weight excluding hydrogens is 476 g/mol. The molecule has 1 saturated heterocycles. The Kier molecular flexibility index (Phi) is 7.76. The lowest BCUT2D eigenvalue weighted by Crippen LogP contribution is -2.47. The van der Waals surface area contributed by atoms with E-state index in [9.17, 15) is 10.1 Å². The number of para-hydroxylation sites is 2. The summed E-state index contributed by atoms with van der Waals surface area (Å²) in [6.07, 6.45) is 0. The molecule has 5 rings (SSSR count). The van der Waals surface area contributed by atoms with Crippen LogP contribution in [0.3, 0.4) is 0 Å². The maximum atomic E-state index is 13.2. The number of anilines is 1. The van der Waals surface area contributed by atoms with Crippen molar-refractivity contribution in [2.75, 3.05) is 38.2 Å². The Balaban J connectivity index is 1.35. The highest BCUT2D eigenvalue weighted by Gasteiger charge is 2.30. The van der Waals surface area contributed by atoms with Crippen molar-refractivity contribution < 1.29 is 9.53 Å². The molecular formula is C30H30N6O2. The number of carbonyl (C=O) groups is 1. The number of nitrogens with zero attached hydrogens (tertiary/aromatic N) is 5. The Morgan fingerprint density at radius 3 is 2.24 bits per heavy atom. The highest BCUT2D eigenvalue weighted by molar-refractivity contribution is 5.88. The molecule has 1 fully saturated rings. The first-order chi connectivity index (χ1) is 18.6. The minimum atomic E-state index is -1.08. The third-order valence-corrected chi connectivity index (χ3v) is 6.79. The lowest BCUT2D eigenvalue weighted by Gasteiger charge is -2.36. The molecule has 3 aromatic carbocycles. The van der Waals surface area contributed by atoms with Crippen molar-refractivity contribution in [3.05, 3.63) is 95.7 Å². The minimum absolute atomic E-state index is 0.301. The number of benzene rings is 3. The van der Waals surface area contributed by atoms with E-state index in [0.29, 0.717) is 23.6 Å². The van der Waals surface area contributed by atoms with Crippen molar-refractivity contribution in [1.82, 2.24) is 20.2 Å². The van der Waals surface area contributed by atoms with E-state index in [1.54, 1.807) is 7.11 Å². The SMILES string of the molecule is COc1ccc(CNC(=O)[C@H](C#N)c2nc3ccccc3nc2N2CCN(Cc3ccccc3)CC2)cc1. The second-order valence-corrected chi connectivity index (χ2v) is 9.30. The zero-order valence-corrected chi connectivity index (χ0v) is 21.4. The van der Waals surface area contributed by atoms with Crippen molar-refractivity contribution in [3.8, 4) is 11.8 Å². The average molecular weight is 507 g/mol. The van der Waals surface area contributed by atoms with Gasteiger partial charge in [0.15, 0.2) is 11.7 Å². The van der Waals surface area contributed by atoms with E-state index in [0.717, 1.165) is 49.6 Å². The number of methoxy groups -OCH3 is 1. The maximum Gasteiger partial charge on any atom is 0.243 e. The number of nitrogens with one attached hydrogen (secondary N) is 1. The molecule has 0 saturated carbocycles. The quantitative estimate of drug-likeness (QED) is 0.388. The fourth-order valence-corrected chi connectivity index (χ4v) is 4.67.